The summed E-state index contributed by atoms with van der Waals surface area (Å²) in [4.78, 5) is 19.5. The maximum absolute atomic E-state index is 14.3. The monoisotopic (exact) mass is 345 g/mol. The van der Waals surface area contributed by atoms with Gasteiger partial charge in [-0.1, -0.05) is 43.8 Å². The lowest BCUT2D eigenvalue weighted by atomic mass is 9.86. The molecule has 1 saturated carbocycles. The van der Waals surface area contributed by atoms with Crippen LogP contribution in [0.1, 0.15) is 25.8 Å². The number of nitrogens with zero attached hydrogens (tertiary/aromatic N) is 2. The maximum atomic E-state index is 14.3. The van der Waals surface area contributed by atoms with E-state index in [9.17, 15) is 9.18 Å². The summed E-state index contributed by atoms with van der Waals surface area (Å²) in [5.41, 5.74) is 0.558. The van der Waals surface area contributed by atoms with E-state index in [-0.39, 0.29) is 17.1 Å². The van der Waals surface area contributed by atoms with Gasteiger partial charge < -0.3 is 10.2 Å². The first kappa shape index (κ1) is 15.7. The first-order chi connectivity index (χ1) is 11.5. The van der Waals surface area contributed by atoms with Gasteiger partial charge in [0, 0.05) is 23.2 Å². The van der Waals surface area contributed by atoms with Crippen molar-refractivity contribution in [3.05, 3.63) is 46.8 Å². The average Bonchev–Trinajstić information content (AvgIpc) is 2.90. The Kier molecular flexibility index (Phi) is 3.49. The molecule has 24 heavy (non-hydrogen) atoms. The van der Waals surface area contributed by atoms with Crippen LogP contribution >= 0.6 is 11.8 Å². The molecule has 1 aliphatic carbocycles. The summed E-state index contributed by atoms with van der Waals surface area (Å²) in [7, 11) is 0. The number of amides is 1. The molecule has 3 aliphatic rings. The first-order valence-corrected chi connectivity index (χ1v) is 9.05. The number of benzene rings is 1. The van der Waals surface area contributed by atoms with Crippen LogP contribution in [0.25, 0.3) is 0 Å². The molecule has 0 saturated heterocycles. The maximum Gasteiger partial charge on any atom is 0.231 e. The molecule has 6 heteroatoms. The van der Waals surface area contributed by atoms with Crippen molar-refractivity contribution in [3.63, 3.8) is 0 Å². The number of aliphatic imine (C=N–C) groups is 1. The van der Waals surface area contributed by atoms with Crippen LogP contribution in [-0.2, 0) is 10.2 Å². The van der Waals surface area contributed by atoms with E-state index in [0.717, 1.165) is 24.0 Å². The minimum Gasteiger partial charge on any atom is -0.350 e. The molecular weight excluding hydrogens is 325 g/mol. The molecule has 1 aromatic rings. The predicted octanol–water partition coefficient (Wildman–Crippen LogP) is 2.87. The number of carbonyl (C=O) groups is 1. The summed E-state index contributed by atoms with van der Waals surface area (Å²) in [6.07, 6.45) is 0.664. The Bertz CT molecular complexity index is 773. The number of thioether (sulfide) groups is 1. The normalized spacial score (nSPS) is 26.7. The Balaban J connectivity index is 1.52. The second-order valence-corrected chi connectivity index (χ2v) is 8.01. The molecule has 1 aromatic carbocycles. The van der Waals surface area contributed by atoms with Gasteiger partial charge in [-0.25, -0.2) is 4.39 Å². The molecular formula is C18H20FN3OS. The number of hydrogen-bond acceptors (Lipinski definition) is 4. The molecule has 2 heterocycles. The Hall–Kier alpha value is -1.82. The zero-order chi connectivity index (χ0) is 16.9. The molecule has 1 unspecified atom stereocenters. The number of amidine groups is 1. The summed E-state index contributed by atoms with van der Waals surface area (Å²) >= 11 is 1.60. The van der Waals surface area contributed by atoms with Crippen molar-refractivity contribution in [3.8, 4) is 0 Å². The number of carbonyl (C=O) groups excluding carboxylic acids is 1. The minimum absolute atomic E-state index is 0.0897. The summed E-state index contributed by atoms with van der Waals surface area (Å²) in [6.45, 7) is 6.18. The topological polar surface area (TPSA) is 44.7 Å². The molecule has 4 rings (SSSR count). The molecule has 4 nitrogen and oxygen atoms in total. The van der Waals surface area contributed by atoms with Crippen molar-refractivity contribution >= 4 is 22.8 Å². The highest BCUT2D eigenvalue weighted by atomic mass is 32.2. The Morgan fingerprint density at radius 3 is 2.88 bits per heavy atom. The van der Waals surface area contributed by atoms with Gasteiger partial charge in [0.2, 0.25) is 5.91 Å². The smallest absolute Gasteiger partial charge is 0.231 e. The van der Waals surface area contributed by atoms with E-state index >= 15 is 0 Å². The van der Waals surface area contributed by atoms with Gasteiger partial charge in [-0.05, 0) is 17.9 Å². The van der Waals surface area contributed by atoms with Crippen molar-refractivity contribution < 1.29 is 9.18 Å². The highest BCUT2D eigenvalue weighted by Crippen LogP contribution is 2.64. The quantitative estimate of drug-likeness (QED) is 0.913. The first-order valence-electron chi connectivity index (χ1n) is 8.17. The summed E-state index contributed by atoms with van der Waals surface area (Å²) in [6, 6.07) is 6.63. The summed E-state index contributed by atoms with van der Waals surface area (Å²) in [5.74, 6) is -0.393. The third-order valence-corrected chi connectivity index (χ3v) is 6.29. The Labute approximate surface area is 145 Å². The fourth-order valence-corrected chi connectivity index (χ4v) is 4.79. The van der Waals surface area contributed by atoms with Gasteiger partial charge in [0.05, 0.1) is 18.5 Å². The average molecular weight is 345 g/mol. The van der Waals surface area contributed by atoms with E-state index in [0.29, 0.717) is 18.5 Å². The largest absolute Gasteiger partial charge is 0.350 e. The molecule has 1 fully saturated rings. The third kappa shape index (κ3) is 2.19. The van der Waals surface area contributed by atoms with Gasteiger partial charge in [-0.15, -0.1) is 0 Å². The van der Waals surface area contributed by atoms with Crippen molar-refractivity contribution in [1.29, 1.82) is 0 Å². The van der Waals surface area contributed by atoms with Crippen LogP contribution in [-0.4, -0.2) is 35.6 Å². The zero-order valence-electron chi connectivity index (χ0n) is 13.8. The fourth-order valence-electron chi connectivity index (χ4n) is 3.83. The van der Waals surface area contributed by atoms with E-state index < -0.39 is 5.41 Å². The second-order valence-electron chi connectivity index (χ2n) is 7.17. The van der Waals surface area contributed by atoms with Crippen molar-refractivity contribution in [2.24, 2.45) is 10.4 Å². The van der Waals surface area contributed by atoms with Gasteiger partial charge in [-0.3, -0.25) is 9.79 Å². The van der Waals surface area contributed by atoms with E-state index in [2.05, 4.69) is 15.2 Å². The van der Waals surface area contributed by atoms with Crippen LogP contribution < -0.4 is 5.32 Å². The molecule has 0 aromatic heterocycles. The van der Waals surface area contributed by atoms with E-state index in [1.165, 1.54) is 6.07 Å². The fraction of sp³-hybridized carbons (Fsp3) is 0.444. The predicted molar refractivity (Wildman–Crippen MR) is 94.2 cm³/mol. The molecule has 126 valence electrons. The SMILES string of the molecule is CC1(C)CC1(C(=O)NCC1=CSC2=NCCN12)c1ccccc1F. The highest BCUT2D eigenvalue weighted by molar-refractivity contribution is 8.16. The lowest BCUT2D eigenvalue weighted by molar-refractivity contribution is -0.124. The van der Waals surface area contributed by atoms with Crippen LogP contribution in [0.5, 0.6) is 0 Å². The lowest BCUT2D eigenvalue weighted by Crippen LogP contribution is -2.40. The highest BCUT2D eigenvalue weighted by Gasteiger charge is 2.67. The summed E-state index contributed by atoms with van der Waals surface area (Å²) < 4.78 is 14.3. The molecule has 2 aliphatic heterocycles. The van der Waals surface area contributed by atoms with E-state index in [4.69, 9.17) is 0 Å². The third-order valence-electron chi connectivity index (χ3n) is 5.34. The van der Waals surface area contributed by atoms with Crippen molar-refractivity contribution in [2.45, 2.75) is 25.7 Å². The van der Waals surface area contributed by atoms with Gasteiger partial charge >= 0.3 is 0 Å². The summed E-state index contributed by atoms with van der Waals surface area (Å²) in [5, 5.41) is 6.08. The Morgan fingerprint density at radius 2 is 2.17 bits per heavy atom. The number of hydrogen-bond donors (Lipinski definition) is 1. The molecule has 0 spiro atoms. The minimum atomic E-state index is -0.771. The molecule has 1 N–H and O–H groups in total. The number of nitrogens with one attached hydrogen (secondary N) is 1. The van der Waals surface area contributed by atoms with Crippen LogP contribution in [0.15, 0.2) is 40.4 Å². The Morgan fingerprint density at radius 1 is 1.42 bits per heavy atom. The number of halogens is 1. The van der Waals surface area contributed by atoms with Gasteiger partial charge in [0.25, 0.3) is 0 Å². The standard InChI is InChI=1S/C18H20FN3OS/c1-17(2)11-18(17,13-5-3-4-6-14(13)19)15(23)21-9-12-10-24-16-20-7-8-22(12)16/h3-6,10H,7-9,11H2,1-2H3,(H,21,23). The van der Waals surface area contributed by atoms with Crippen LogP contribution in [0.4, 0.5) is 4.39 Å². The van der Waals surface area contributed by atoms with Gasteiger partial charge in [-0.2, -0.15) is 0 Å². The van der Waals surface area contributed by atoms with Gasteiger partial charge in [0.15, 0.2) is 5.17 Å². The molecule has 0 bridgehead atoms. The van der Waals surface area contributed by atoms with E-state index in [1.54, 1.807) is 30.0 Å². The van der Waals surface area contributed by atoms with Crippen LogP contribution in [0.2, 0.25) is 0 Å². The second kappa shape index (κ2) is 5.34. The van der Waals surface area contributed by atoms with Crippen molar-refractivity contribution in [1.82, 2.24) is 10.2 Å². The van der Waals surface area contributed by atoms with Crippen molar-refractivity contribution in [2.75, 3.05) is 19.6 Å². The molecule has 0 radical (unpaired) electrons. The van der Waals surface area contributed by atoms with Gasteiger partial charge in [0.1, 0.15) is 5.82 Å². The van der Waals surface area contributed by atoms with Crippen LogP contribution in [0.3, 0.4) is 0 Å². The lowest BCUT2D eigenvalue weighted by Gasteiger charge is -2.23. The number of fused-ring (bicyclic) bond motifs is 1. The van der Waals surface area contributed by atoms with Crippen LogP contribution in [0, 0.1) is 11.2 Å². The zero-order valence-corrected chi connectivity index (χ0v) is 14.6. The molecule has 1 amide bonds. The number of rotatable bonds is 4. The van der Waals surface area contributed by atoms with E-state index in [1.807, 2.05) is 19.3 Å². The molecule has 1 atom stereocenters.